The lowest BCUT2D eigenvalue weighted by atomic mass is 10.1. The molecule has 2 rings (SSSR count). The predicted molar refractivity (Wildman–Crippen MR) is 49.4 cm³/mol. The second kappa shape index (κ2) is 3.15. The fourth-order valence-corrected chi connectivity index (χ4v) is 1.68. The Balaban J connectivity index is 2.11. The van der Waals surface area contributed by atoms with Crippen LogP contribution in [0.15, 0.2) is 24.3 Å². The number of fused-ring (bicyclic) bond motifs is 1. The van der Waals surface area contributed by atoms with Gasteiger partial charge in [0, 0.05) is 12.8 Å². The van der Waals surface area contributed by atoms with Crippen molar-refractivity contribution in [1.29, 1.82) is 0 Å². The van der Waals surface area contributed by atoms with Gasteiger partial charge < -0.3 is 10.1 Å². The molecule has 0 unspecified atom stereocenters. The number of rotatable bonds is 2. The second-order valence-corrected chi connectivity index (χ2v) is 3.16. The van der Waals surface area contributed by atoms with Gasteiger partial charge in [-0.2, -0.15) is 0 Å². The van der Waals surface area contributed by atoms with E-state index >= 15 is 0 Å². The van der Waals surface area contributed by atoms with E-state index in [1.807, 2.05) is 0 Å². The van der Waals surface area contributed by atoms with Gasteiger partial charge in [0.2, 0.25) is 0 Å². The van der Waals surface area contributed by atoms with Gasteiger partial charge >= 0.3 is 0 Å². The van der Waals surface area contributed by atoms with E-state index in [0.717, 1.165) is 13.0 Å². The molecule has 0 radical (unpaired) electrons. The standard InChI is InChI=1S/C10H13NO/c1-12-7-9-6-8-4-2-3-5-10(8)11-9/h2-5,9,11H,6-7H2,1H3/t9-/m1/s1. The van der Waals surface area contributed by atoms with E-state index in [4.69, 9.17) is 4.74 Å². The largest absolute Gasteiger partial charge is 0.383 e. The third-order valence-electron chi connectivity index (χ3n) is 2.21. The Bertz CT molecular complexity index is 247. The summed E-state index contributed by atoms with van der Waals surface area (Å²) in [4.78, 5) is 0. The molecule has 2 heteroatoms. The van der Waals surface area contributed by atoms with E-state index in [2.05, 4.69) is 29.6 Å². The molecule has 1 atom stereocenters. The second-order valence-electron chi connectivity index (χ2n) is 3.16. The fourth-order valence-electron chi connectivity index (χ4n) is 1.68. The Morgan fingerprint density at radius 3 is 3.08 bits per heavy atom. The molecule has 1 heterocycles. The maximum Gasteiger partial charge on any atom is 0.0667 e. The van der Waals surface area contributed by atoms with Gasteiger partial charge in [-0.3, -0.25) is 0 Å². The Hall–Kier alpha value is -1.02. The van der Waals surface area contributed by atoms with Crippen molar-refractivity contribution in [1.82, 2.24) is 0 Å². The monoisotopic (exact) mass is 163 g/mol. The molecule has 0 spiro atoms. The summed E-state index contributed by atoms with van der Waals surface area (Å²) < 4.78 is 5.09. The molecule has 0 amide bonds. The van der Waals surface area contributed by atoms with Crippen molar-refractivity contribution in [2.24, 2.45) is 0 Å². The molecule has 12 heavy (non-hydrogen) atoms. The summed E-state index contributed by atoms with van der Waals surface area (Å²) in [5, 5.41) is 3.41. The average Bonchev–Trinajstić information content (AvgIpc) is 2.47. The number of hydrogen-bond acceptors (Lipinski definition) is 2. The smallest absolute Gasteiger partial charge is 0.0667 e. The Labute approximate surface area is 72.5 Å². The van der Waals surface area contributed by atoms with Gasteiger partial charge in [-0.05, 0) is 18.1 Å². The first-order valence-electron chi connectivity index (χ1n) is 4.23. The SMILES string of the molecule is COC[C@H]1Cc2ccccc2N1. The molecule has 0 aromatic heterocycles. The Kier molecular flexibility index (Phi) is 2.00. The topological polar surface area (TPSA) is 21.3 Å². The van der Waals surface area contributed by atoms with Gasteiger partial charge in [0.15, 0.2) is 0 Å². The van der Waals surface area contributed by atoms with Crippen LogP contribution in [-0.4, -0.2) is 19.8 Å². The minimum absolute atomic E-state index is 0.465. The molecule has 1 aliphatic rings. The molecule has 0 saturated heterocycles. The lowest BCUT2D eigenvalue weighted by Crippen LogP contribution is -2.21. The number of para-hydroxylation sites is 1. The van der Waals surface area contributed by atoms with E-state index < -0.39 is 0 Å². The highest BCUT2D eigenvalue weighted by molar-refractivity contribution is 5.56. The molecule has 0 aliphatic carbocycles. The van der Waals surface area contributed by atoms with Crippen LogP contribution in [0.3, 0.4) is 0 Å². The first kappa shape index (κ1) is 7.62. The van der Waals surface area contributed by atoms with E-state index in [1.165, 1.54) is 11.3 Å². The van der Waals surface area contributed by atoms with Crippen LogP contribution >= 0.6 is 0 Å². The number of benzene rings is 1. The molecule has 0 fully saturated rings. The minimum Gasteiger partial charge on any atom is -0.383 e. The van der Waals surface area contributed by atoms with Crippen LogP contribution in [0.5, 0.6) is 0 Å². The molecule has 1 N–H and O–H groups in total. The molecule has 1 aromatic carbocycles. The highest BCUT2D eigenvalue weighted by atomic mass is 16.5. The quantitative estimate of drug-likeness (QED) is 0.716. The van der Waals surface area contributed by atoms with Gasteiger partial charge in [-0.25, -0.2) is 0 Å². The number of hydrogen-bond donors (Lipinski definition) is 1. The number of methoxy groups -OCH3 is 1. The minimum atomic E-state index is 0.465. The van der Waals surface area contributed by atoms with Crippen LogP contribution in [0.25, 0.3) is 0 Å². The molecule has 1 aliphatic heterocycles. The molecule has 0 saturated carbocycles. The highest BCUT2D eigenvalue weighted by Crippen LogP contribution is 2.24. The lowest BCUT2D eigenvalue weighted by molar-refractivity contribution is 0.187. The first-order chi connectivity index (χ1) is 5.90. The number of nitrogens with one attached hydrogen (secondary N) is 1. The summed E-state index contributed by atoms with van der Waals surface area (Å²) in [5.41, 5.74) is 2.67. The van der Waals surface area contributed by atoms with Crippen molar-refractivity contribution < 1.29 is 4.74 Å². The molecule has 2 nitrogen and oxygen atoms in total. The number of anilines is 1. The molecule has 1 aromatic rings. The van der Waals surface area contributed by atoms with Gasteiger partial charge in [0.05, 0.1) is 12.6 Å². The molecular formula is C10H13NO. The van der Waals surface area contributed by atoms with Crippen LogP contribution in [0.1, 0.15) is 5.56 Å². The van der Waals surface area contributed by atoms with Gasteiger partial charge in [0.1, 0.15) is 0 Å². The summed E-state index contributed by atoms with van der Waals surface area (Å²) in [6.45, 7) is 0.786. The third kappa shape index (κ3) is 1.30. The Morgan fingerprint density at radius 1 is 1.50 bits per heavy atom. The third-order valence-corrected chi connectivity index (χ3v) is 2.21. The highest BCUT2D eigenvalue weighted by Gasteiger charge is 2.18. The molecular weight excluding hydrogens is 150 g/mol. The maximum absolute atomic E-state index is 5.09. The molecule has 64 valence electrons. The van der Waals surface area contributed by atoms with Crippen molar-refractivity contribution in [3.8, 4) is 0 Å². The van der Waals surface area contributed by atoms with E-state index in [1.54, 1.807) is 7.11 Å². The van der Waals surface area contributed by atoms with Crippen LogP contribution < -0.4 is 5.32 Å². The van der Waals surface area contributed by atoms with Gasteiger partial charge in [-0.1, -0.05) is 18.2 Å². The molecule has 0 bridgehead atoms. The number of ether oxygens (including phenoxy) is 1. The van der Waals surface area contributed by atoms with Crippen molar-refractivity contribution >= 4 is 5.69 Å². The Morgan fingerprint density at radius 2 is 2.33 bits per heavy atom. The summed E-state index contributed by atoms with van der Waals surface area (Å²) in [6.07, 6.45) is 1.09. The van der Waals surface area contributed by atoms with Crippen LogP contribution in [-0.2, 0) is 11.2 Å². The average molecular weight is 163 g/mol. The zero-order valence-corrected chi connectivity index (χ0v) is 7.21. The lowest BCUT2D eigenvalue weighted by Gasteiger charge is -2.08. The summed E-state index contributed by atoms with van der Waals surface area (Å²) in [6, 6.07) is 8.88. The van der Waals surface area contributed by atoms with Gasteiger partial charge in [0.25, 0.3) is 0 Å². The van der Waals surface area contributed by atoms with Crippen molar-refractivity contribution in [3.05, 3.63) is 29.8 Å². The zero-order valence-electron chi connectivity index (χ0n) is 7.21. The van der Waals surface area contributed by atoms with E-state index in [9.17, 15) is 0 Å². The van der Waals surface area contributed by atoms with Crippen LogP contribution in [0, 0.1) is 0 Å². The predicted octanol–water partition coefficient (Wildman–Crippen LogP) is 1.67. The first-order valence-corrected chi connectivity index (χ1v) is 4.23. The van der Waals surface area contributed by atoms with Crippen LogP contribution in [0.2, 0.25) is 0 Å². The summed E-state index contributed by atoms with van der Waals surface area (Å²) in [5.74, 6) is 0. The zero-order chi connectivity index (χ0) is 8.39. The van der Waals surface area contributed by atoms with Crippen molar-refractivity contribution in [2.45, 2.75) is 12.5 Å². The van der Waals surface area contributed by atoms with Gasteiger partial charge in [-0.15, -0.1) is 0 Å². The summed E-state index contributed by atoms with van der Waals surface area (Å²) in [7, 11) is 1.74. The van der Waals surface area contributed by atoms with Crippen molar-refractivity contribution in [3.63, 3.8) is 0 Å². The fraction of sp³-hybridized carbons (Fsp3) is 0.400. The van der Waals surface area contributed by atoms with Crippen molar-refractivity contribution in [2.75, 3.05) is 19.0 Å². The maximum atomic E-state index is 5.09. The van der Waals surface area contributed by atoms with E-state index in [-0.39, 0.29) is 0 Å². The van der Waals surface area contributed by atoms with E-state index in [0.29, 0.717) is 6.04 Å². The normalized spacial score (nSPS) is 20.2. The van der Waals surface area contributed by atoms with Crippen LogP contribution in [0.4, 0.5) is 5.69 Å². The summed E-state index contributed by atoms with van der Waals surface area (Å²) >= 11 is 0.